The lowest BCUT2D eigenvalue weighted by molar-refractivity contribution is 0.143. The molecule has 1 atom stereocenters. The van der Waals surface area contributed by atoms with E-state index in [1.54, 1.807) is 10.8 Å². The van der Waals surface area contributed by atoms with Crippen LogP contribution in [-0.2, 0) is 13.0 Å². The van der Waals surface area contributed by atoms with E-state index in [1.807, 2.05) is 44.2 Å². The molecule has 37 heavy (non-hydrogen) atoms. The lowest BCUT2D eigenvalue weighted by Gasteiger charge is -2.46. The van der Waals surface area contributed by atoms with Gasteiger partial charge in [0, 0.05) is 24.8 Å². The fourth-order valence-corrected chi connectivity index (χ4v) is 6.77. The van der Waals surface area contributed by atoms with Crippen molar-refractivity contribution >= 4 is 34.6 Å². The number of nitrogens with one attached hydrogen (secondary N) is 1. The Morgan fingerprint density at radius 1 is 1.14 bits per heavy atom. The minimum absolute atomic E-state index is 0.0117. The molecule has 194 valence electrons. The Morgan fingerprint density at radius 2 is 1.81 bits per heavy atom. The lowest BCUT2D eigenvalue weighted by Crippen LogP contribution is -2.48. The zero-order chi connectivity index (χ0) is 26.2. The number of anilines is 1. The Hall–Kier alpha value is -2.88. The van der Waals surface area contributed by atoms with Gasteiger partial charge in [0.05, 0.1) is 10.1 Å². The number of fused-ring (bicyclic) bond motifs is 1. The summed E-state index contributed by atoms with van der Waals surface area (Å²) in [7, 11) is 0. The molecule has 1 aliphatic heterocycles. The summed E-state index contributed by atoms with van der Waals surface area (Å²) < 4.78 is 2.42. The molecule has 3 aromatic rings. The van der Waals surface area contributed by atoms with Crippen LogP contribution in [0.1, 0.15) is 55.7 Å². The molecule has 7 nitrogen and oxygen atoms in total. The van der Waals surface area contributed by atoms with E-state index in [9.17, 15) is 14.7 Å². The average Bonchev–Trinajstić information content (AvgIpc) is 3.14. The minimum atomic E-state index is -0.985. The zero-order valence-corrected chi connectivity index (χ0v) is 23.4. The van der Waals surface area contributed by atoms with Gasteiger partial charge in [0.1, 0.15) is 0 Å². The molecule has 2 aliphatic rings. The molecule has 0 saturated carbocycles. The smallest absolute Gasteiger partial charge is 0.405 e. The maximum Gasteiger partial charge on any atom is 0.405 e. The second-order valence-electron chi connectivity index (χ2n) is 11.1. The van der Waals surface area contributed by atoms with Crippen LogP contribution >= 0.6 is 22.6 Å². The maximum absolute atomic E-state index is 13.2. The molecule has 1 fully saturated rings. The summed E-state index contributed by atoms with van der Waals surface area (Å²) in [5.74, 6) is 0.993. The number of nitrogens with zero attached hydrogens (tertiary/aromatic N) is 3. The molecule has 1 aromatic heterocycles. The number of benzene rings is 2. The van der Waals surface area contributed by atoms with Gasteiger partial charge in [-0.2, -0.15) is 0 Å². The third kappa shape index (κ3) is 5.26. The van der Waals surface area contributed by atoms with Crippen molar-refractivity contribution in [3.63, 3.8) is 0 Å². The van der Waals surface area contributed by atoms with Crippen LogP contribution in [0.2, 0.25) is 0 Å². The molecular formula is C29H33IN4O3. The van der Waals surface area contributed by atoms with Gasteiger partial charge in [-0.25, -0.2) is 9.78 Å². The molecule has 1 spiro atoms. The van der Waals surface area contributed by atoms with Gasteiger partial charge in [0.25, 0.3) is 5.56 Å². The standard InChI is InChI=1S/C29H33IN4O3/c1-28(2,32-27(36)37)17-23-22-11-7-6-10-21(22)16-29(23)12-14-33(15-13-29)26-31-18-24(30)25(35)34(26)19-20-8-4-3-5-9-20/h3-11,18,23,32H,12-17,19H2,1-2H3,(H,36,37)/t23-/m1/s1. The molecule has 1 amide bonds. The van der Waals surface area contributed by atoms with E-state index in [2.05, 4.69) is 57.1 Å². The van der Waals surface area contributed by atoms with Gasteiger partial charge in [-0.15, -0.1) is 0 Å². The first-order chi connectivity index (χ1) is 17.7. The molecule has 2 aromatic carbocycles. The number of carboxylic acid groups (broad SMARTS) is 1. The molecule has 0 bridgehead atoms. The van der Waals surface area contributed by atoms with Gasteiger partial charge in [-0.05, 0) is 90.1 Å². The third-order valence-corrected chi connectivity index (χ3v) is 8.82. The van der Waals surface area contributed by atoms with Crippen molar-refractivity contribution in [2.45, 2.75) is 57.5 Å². The van der Waals surface area contributed by atoms with Crippen molar-refractivity contribution in [2.75, 3.05) is 18.0 Å². The number of piperidine rings is 1. The van der Waals surface area contributed by atoms with Crippen LogP contribution in [0.15, 0.2) is 65.6 Å². The molecular weight excluding hydrogens is 579 g/mol. The topological polar surface area (TPSA) is 87.5 Å². The summed E-state index contributed by atoms with van der Waals surface area (Å²) >= 11 is 2.07. The number of carbonyl (C=O) groups is 1. The van der Waals surface area contributed by atoms with Crippen molar-refractivity contribution in [3.05, 3.63) is 91.4 Å². The monoisotopic (exact) mass is 612 g/mol. The van der Waals surface area contributed by atoms with E-state index in [0.717, 1.165) is 50.3 Å². The Bertz CT molecular complexity index is 1350. The number of hydrogen-bond acceptors (Lipinski definition) is 4. The van der Waals surface area contributed by atoms with Gasteiger partial charge in [0.2, 0.25) is 5.95 Å². The van der Waals surface area contributed by atoms with Crippen molar-refractivity contribution < 1.29 is 9.90 Å². The molecule has 2 N–H and O–H groups in total. The molecule has 1 saturated heterocycles. The fraction of sp³-hybridized carbons (Fsp3) is 0.414. The predicted molar refractivity (Wildman–Crippen MR) is 153 cm³/mol. The fourth-order valence-electron chi connectivity index (χ4n) is 6.34. The van der Waals surface area contributed by atoms with Crippen molar-refractivity contribution in [1.82, 2.24) is 14.9 Å². The highest BCUT2D eigenvalue weighted by Gasteiger charge is 2.49. The first-order valence-corrected chi connectivity index (χ1v) is 13.9. The largest absolute Gasteiger partial charge is 0.465 e. The highest BCUT2D eigenvalue weighted by atomic mass is 127. The van der Waals surface area contributed by atoms with Gasteiger partial charge in [-0.3, -0.25) is 9.36 Å². The first kappa shape index (κ1) is 25.8. The third-order valence-electron chi connectivity index (χ3n) is 8.08. The Balaban J connectivity index is 1.42. The van der Waals surface area contributed by atoms with Gasteiger partial charge >= 0.3 is 6.09 Å². The summed E-state index contributed by atoms with van der Waals surface area (Å²) in [6.45, 7) is 6.05. The van der Waals surface area contributed by atoms with E-state index in [0.29, 0.717) is 10.1 Å². The van der Waals surface area contributed by atoms with E-state index in [1.165, 1.54) is 11.1 Å². The van der Waals surface area contributed by atoms with Crippen molar-refractivity contribution in [3.8, 4) is 0 Å². The highest BCUT2D eigenvalue weighted by Crippen LogP contribution is 2.56. The van der Waals surface area contributed by atoms with Crippen LogP contribution in [0.25, 0.3) is 0 Å². The summed E-state index contributed by atoms with van der Waals surface area (Å²) in [6.07, 6.45) is 4.36. The van der Waals surface area contributed by atoms with Gasteiger partial charge < -0.3 is 15.3 Å². The van der Waals surface area contributed by atoms with Crippen LogP contribution in [0, 0.1) is 8.99 Å². The van der Waals surface area contributed by atoms with E-state index in [-0.39, 0.29) is 16.9 Å². The second kappa shape index (κ2) is 10.1. The number of amides is 1. The highest BCUT2D eigenvalue weighted by molar-refractivity contribution is 14.1. The number of aromatic nitrogens is 2. The Morgan fingerprint density at radius 3 is 2.51 bits per heavy atom. The van der Waals surface area contributed by atoms with Crippen LogP contribution < -0.4 is 15.8 Å². The van der Waals surface area contributed by atoms with Crippen molar-refractivity contribution in [2.24, 2.45) is 5.41 Å². The second-order valence-corrected chi connectivity index (χ2v) is 12.2. The molecule has 0 radical (unpaired) electrons. The van der Waals surface area contributed by atoms with E-state index < -0.39 is 11.6 Å². The van der Waals surface area contributed by atoms with E-state index >= 15 is 0 Å². The number of rotatable bonds is 6. The van der Waals surface area contributed by atoms with Crippen LogP contribution in [0.5, 0.6) is 0 Å². The summed E-state index contributed by atoms with van der Waals surface area (Å²) in [6, 6.07) is 18.7. The van der Waals surface area contributed by atoms with Crippen LogP contribution in [0.3, 0.4) is 0 Å². The Kier molecular flexibility index (Phi) is 7.04. The minimum Gasteiger partial charge on any atom is -0.465 e. The summed E-state index contributed by atoms with van der Waals surface area (Å²) in [4.78, 5) is 31.6. The molecule has 0 unspecified atom stereocenters. The van der Waals surface area contributed by atoms with Gasteiger partial charge in [-0.1, -0.05) is 54.6 Å². The Labute approximate surface area is 231 Å². The first-order valence-electron chi connectivity index (χ1n) is 12.8. The molecule has 8 heteroatoms. The quantitative estimate of drug-likeness (QED) is 0.371. The number of halogens is 1. The van der Waals surface area contributed by atoms with Crippen molar-refractivity contribution in [1.29, 1.82) is 0 Å². The van der Waals surface area contributed by atoms with Crippen LogP contribution in [0.4, 0.5) is 10.7 Å². The average molecular weight is 613 g/mol. The predicted octanol–water partition coefficient (Wildman–Crippen LogP) is 5.26. The van der Waals surface area contributed by atoms with E-state index in [4.69, 9.17) is 4.98 Å². The van der Waals surface area contributed by atoms with Gasteiger partial charge in [0.15, 0.2) is 0 Å². The maximum atomic E-state index is 13.2. The zero-order valence-electron chi connectivity index (χ0n) is 21.3. The lowest BCUT2D eigenvalue weighted by atomic mass is 9.66. The summed E-state index contributed by atoms with van der Waals surface area (Å²) in [5.41, 5.74) is 3.31. The molecule has 1 aliphatic carbocycles. The summed E-state index contributed by atoms with van der Waals surface area (Å²) in [5, 5.41) is 12.1. The number of hydrogen-bond donors (Lipinski definition) is 2. The normalized spacial score (nSPS) is 18.6. The SMILES string of the molecule is CC(C)(C[C@@H]1c2ccccc2CC12CCN(c1ncc(I)c(=O)n1Cc1ccccc1)CC2)NC(=O)O. The molecule has 2 heterocycles. The van der Waals surface area contributed by atoms with Crippen LogP contribution in [-0.4, -0.2) is 39.4 Å². The molecule has 5 rings (SSSR count).